The Hall–Kier alpha value is -7.32. The highest BCUT2D eigenvalue weighted by Crippen LogP contribution is 2.45. The van der Waals surface area contributed by atoms with Crippen LogP contribution >= 0.6 is 0 Å². The molecule has 3 heterocycles. The minimum absolute atomic E-state index is 0.0332. The third kappa shape index (κ3) is 3.35. The molecule has 47 heavy (non-hydrogen) atoms. The lowest BCUT2D eigenvalue weighted by molar-refractivity contribution is 0.677. The second-order valence-corrected chi connectivity index (χ2v) is 11.3. The standard InChI is InChI=1S/C40H18N6O/c41-19-23-18-24(20-42)31(22-44)38(30(23)21-43)46-33-13-7-5-11-29(33)37-35(46)17-15-27-26-14-16-34-36(39(26)47-40(27)37)28-10-4-6-12-32(28)45(34)25-8-2-1-3-9-25/h1-18H. The van der Waals surface area contributed by atoms with Crippen LogP contribution in [0.15, 0.2) is 114 Å². The highest BCUT2D eigenvalue weighted by atomic mass is 16.3. The molecule has 7 nitrogen and oxygen atoms in total. The number of aromatic nitrogens is 2. The predicted octanol–water partition coefficient (Wildman–Crippen LogP) is 9.27. The van der Waals surface area contributed by atoms with E-state index in [1.165, 1.54) is 6.07 Å². The maximum atomic E-state index is 10.3. The smallest absolute Gasteiger partial charge is 0.145 e. The van der Waals surface area contributed by atoms with Crippen LogP contribution in [0.25, 0.3) is 76.9 Å². The van der Waals surface area contributed by atoms with Gasteiger partial charge < -0.3 is 13.6 Å². The Balaban J connectivity index is 1.47. The number of nitrogens with zero attached hydrogens (tertiary/aromatic N) is 6. The molecular formula is C40H18N6O. The lowest BCUT2D eigenvalue weighted by atomic mass is 9.97. The van der Waals surface area contributed by atoms with Crippen molar-refractivity contribution in [1.82, 2.24) is 9.13 Å². The molecule has 9 aromatic rings. The summed E-state index contributed by atoms with van der Waals surface area (Å²) in [6, 6.07) is 44.2. The van der Waals surface area contributed by atoms with Crippen LogP contribution < -0.4 is 0 Å². The zero-order valence-corrected chi connectivity index (χ0v) is 24.5. The first-order valence-electron chi connectivity index (χ1n) is 14.9. The van der Waals surface area contributed by atoms with Gasteiger partial charge in [0.15, 0.2) is 0 Å². The molecule has 9 rings (SSSR count). The number of rotatable bonds is 2. The van der Waals surface area contributed by atoms with E-state index < -0.39 is 0 Å². The summed E-state index contributed by atoms with van der Waals surface area (Å²) < 4.78 is 11.0. The van der Waals surface area contributed by atoms with E-state index in [1.54, 1.807) is 0 Å². The van der Waals surface area contributed by atoms with Crippen LogP contribution in [0, 0.1) is 45.3 Å². The van der Waals surface area contributed by atoms with E-state index in [-0.39, 0.29) is 27.9 Å². The zero-order valence-electron chi connectivity index (χ0n) is 24.5. The lowest BCUT2D eigenvalue weighted by Crippen LogP contribution is -2.05. The number of hydrogen-bond donors (Lipinski definition) is 0. The molecule has 6 aromatic carbocycles. The van der Waals surface area contributed by atoms with Gasteiger partial charge in [0.1, 0.15) is 35.4 Å². The van der Waals surface area contributed by atoms with Gasteiger partial charge in [-0.3, -0.25) is 0 Å². The Morgan fingerprint density at radius 3 is 1.47 bits per heavy atom. The largest absolute Gasteiger partial charge is 0.455 e. The summed E-state index contributed by atoms with van der Waals surface area (Å²) in [7, 11) is 0. The first-order valence-corrected chi connectivity index (χ1v) is 14.9. The fourth-order valence-electron chi connectivity index (χ4n) is 7.19. The average Bonchev–Trinajstić information content (AvgIpc) is 3.78. The maximum Gasteiger partial charge on any atom is 0.145 e. The third-order valence-corrected chi connectivity index (χ3v) is 9.08. The second kappa shape index (κ2) is 9.59. The van der Waals surface area contributed by atoms with Crippen molar-refractivity contribution < 1.29 is 4.42 Å². The summed E-state index contributed by atoms with van der Waals surface area (Å²) in [6.45, 7) is 0. The predicted molar refractivity (Wildman–Crippen MR) is 181 cm³/mol. The van der Waals surface area contributed by atoms with Crippen LogP contribution in [0.5, 0.6) is 0 Å². The molecule has 0 spiro atoms. The first kappa shape index (κ1) is 26.1. The van der Waals surface area contributed by atoms with Crippen molar-refractivity contribution in [2.75, 3.05) is 0 Å². The van der Waals surface area contributed by atoms with Gasteiger partial charge in [-0.25, -0.2) is 0 Å². The van der Waals surface area contributed by atoms with E-state index in [0.29, 0.717) is 16.6 Å². The van der Waals surface area contributed by atoms with Crippen molar-refractivity contribution >= 4 is 65.6 Å². The van der Waals surface area contributed by atoms with Crippen LogP contribution in [-0.4, -0.2) is 9.13 Å². The lowest BCUT2D eigenvalue weighted by Gasteiger charge is -2.14. The monoisotopic (exact) mass is 598 g/mol. The quantitative estimate of drug-likeness (QED) is 0.196. The number of para-hydroxylation sites is 3. The van der Waals surface area contributed by atoms with Gasteiger partial charge in [0.25, 0.3) is 0 Å². The summed E-state index contributed by atoms with van der Waals surface area (Å²) in [5.41, 5.74) is 6.33. The molecule has 0 aliphatic heterocycles. The van der Waals surface area contributed by atoms with Crippen molar-refractivity contribution in [2.45, 2.75) is 0 Å². The molecule has 0 N–H and O–H groups in total. The summed E-state index contributed by atoms with van der Waals surface area (Å²) in [6.07, 6.45) is 0. The molecule has 7 heteroatoms. The molecule has 0 atom stereocenters. The molecule has 0 saturated carbocycles. The molecule has 0 aliphatic rings. The Labute approximate surface area is 266 Å². The average molecular weight is 599 g/mol. The van der Waals surface area contributed by atoms with E-state index in [2.05, 4.69) is 53.1 Å². The van der Waals surface area contributed by atoms with Gasteiger partial charge in [0.05, 0.1) is 60.8 Å². The molecule has 0 amide bonds. The topological polar surface area (TPSA) is 118 Å². The van der Waals surface area contributed by atoms with Gasteiger partial charge in [0, 0.05) is 27.2 Å². The van der Waals surface area contributed by atoms with Crippen molar-refractivity contribution in [3.8, 4) is 35.7 Å². The molecule has 214 valence electrons. The van der Waals surface area contributed by atoms with Gasteiger partial charge >= 0.3 is 0 Å². The molecule has 0 aliphatic carbocycles. The fraction of sp³-hybridized carbons (Fsp3) is 0. The molecule has 0 unspecified atom stereocenters. The molecule has 0 fully saturated rings. The van der Waals surface area contributed by atoms with E-state index in [1.807, 2.05) is 83.4 Å². The molecule has 0 saturated heterocycles. The van der Waals surface area contributed by atoms with Crippen molar-refractivity contribution in [3.05, 3.63) is 131 Å². The summed E-state index contributed by atoms with van der Waals surface area (Å²) in [5.74, 6) is 0. The van der Waals surface area contributed by atoms with Crippen molar-refractivity contribution in [2.24, 2.45) is 0 Å². The Bertz CT molecular complexity index is 2950. The Morgan fingerprint density at radius 1 is 0.447 bits per heavy atom. The van der Waals surface area contributed by atoms with Gasteiger partial charge in [-0.05, 0) is 54.6 Å². The van der Waals surface area contributed by atoms with Gasteiger partial charge in [-0.15, -0.1) is 0 Å². The highest BCUT2D eigenvalue weighted by Gasteiger charge is 2.26. The zero-order chi connectivity index (χ0) is 31.8. The molecule has 3 aromatic heterocycles. The molecule has 0 bridgehead atoms. The second-order valence-electron chi connectivity index (χ2n) is 11.3. The van der Waals surface area contributed by atoms with Crippen LogP contribution in [0.1, 0.15) is 22.3 Å². The minimum Gasteiger partial charge on any atom is -0.455 e. The normalized spacial score (nSPS) is 11.3. The number of benzene rings is 6. The molecular weight excluding hydrogens is 580 g/mol. The Morgan fingerprint density at radius 2 is 0.936 bits per heavy atom. The van der Waals surface area contributed by atoms with Crippen LogP contribution in [0.2, 0.25) is 0 Å². The van der Waals surface area contributed by atoms with Gasteiger partial charge in [-0.2, -0.15) is 21.0 Å². The van der Waals surface area contributed by atoms with E-state index in [9.17, 15) is 21.0 Å². The van der Waals surface area contributed by atoms with Gasteiger partial charge in [0.2, 0.25) is 0 Å². The number of nitriles is 4. The van der Waals surface area contributed by atoms with Crippen molar-refractivity contribution in [3.63, 3.8) is 0 Å². The van der Waals surface area contributed by atoms with Crippen LogP contribution in [0.4, 0.5) is 0 Å². The van der Waals surface area contributed by atoms with E-state index >= 15 is 0 Å². The fourth-order valence-corrected chi connectivity index (χ4v) is 7.19. The summed E-state index contributed by atoms with van der Waals surface area (Å²) in [5, 5.41) is 46.0. The number of hydrogen-bond acceptors (Lipinski definition) is 5. The van der Waals surface area contributed by atoms with Crippen LogP contribution in [-0.2, 0) is 0 Å². The van der Waals surface area contributed by atoms with E-state index in [0.717, 1.165) is 54.6 Å². The first-order chi connectivity index (χ1) is 23.2. The third-order valence-electron chi connectivity index (χ3n) is 9.08. The summed E-state index contributed by atoms with van der Waals surface area (Å²) in [4.78, 5) is 0. The van der Waals surface area contributed by atoms with Crippen LogP contribution in [0.3, 0.4) is 0 Å². The maximum absolute atomic E-state index is 10.3. The molecule has 0 radical (unpaired) electrons. The van der Waals surface area contributed by atoms with E-state index in [4.69, 9.17) is 4.42 Å². The minimum atomic E-state index is 0.0332. The van der Waals surface area contributed by atoms with Gasteiger partial charge in [-0.1, -0.05) is 54.6 Å². The SMILES string of the molecule is N#Cc1cc(C#N)c(C#N)c(-n2c3ccccc3c3c4oc5c(ccc6c5c5ccccc5n6-c5ccccc5)c4ccc32)c1C#N. The van der Waals surface area contributed by atoms with Crippen molar-refractivity contribution in [1.29, 1.82) is 21.0 Å². The number of furan rings is 1. The highest BCUT2D eigenvalue weighted by molar-refractivity contribution is 6.29. The number of fused-ring (bicyclic) bond motifs is 11. The summed E-state index contributed by atoms with van der Waals surface area (Å²) >= 11 is 0. The Kier molecular flexibility index (Phi) is 5.33.